The molecule has 1 atom stereocenters. The van der Waals surface area contributed by atoms with Crippen molar-refractivity contribution in [2.24, 2.45) is 0 Å². The number of amides is 1. The van der Waals surface area contributed by atoms with Crippen molar-refractivity contribution < 1.29 is 4.79 Å². The highest BCUT2D eigenvalue weighted by Gasteiger charge is 2.29. The van der Waals surface area contributed by atoms with Crippen molar-refractivity contribution >= 4 is 5.91 Å². The first-order valence-corrected chi connectivity index (χ1v) is 6.87. The molecule has 0 spiro atoms. The van der Waals surface area contributed by atoms with Gasteiger partial charge >= 0.3 is 0 Å². The Morgan fingerprint density at radius 1 is 1.33 bits per heavy atom. The smallest absolute Gasteiger partial charge is 0.240 e. The molecule has 1 aliphatic rings. The fourth-order valence-corrected chi connectivity index (χ4v) is 2.33. The lowest BCUT2D eigenvalue weighted by Gasteiger charge is -2.14. The number of hydrogen-bond acceptors (Lipinski definition) is 2. The van der Waals surface area contributed by atoms with E-state index in [0.717, 1.165) is 38.9 Å². The number of nitrogens with zero attached hydrogens (tertiary/aromatic N) is 1. The molecule has 0 aromatic heterocycles. The van der Waals surface area contributed by atoms with Gasteiger partial charge in [0.25, 0.3) is 0 Å². The highest BCUT2D eigenvalue weighted by molar-refractivity contribution is 5.83. The molecule has 0 aliphatic carbocycles. The van der Waals surface area contributed by atoms with E-state index in [1.807, 2.05) is 23.1 Å². The molecule has 0 bridgehead atoms. The molecule has 1 saturated heterocycles. The molecule has 0 saturated carbocycles. The molecule has 1 fully saturated rings. The fraction of sp³-hybridized carbons (Fsp3) is 0.533. The van der Waals surface area contributed by atoms with Gasteiger partial charge in [-0.05, 0) is 24.8 Å². The van der Waals surface area contributed by atoms with Crippen molar-refractivity contribution in [1.82, 2.24) is 10.2 Å². The first-order valence-electron chi connectivity index (χ1n) is 6.87. The third-order valence-corrected chi connectivity index (χ3v) is 3.48. The number of carbonyl (C=O) groups excluding carboxylic acids is 1. The Balaban J connectivity index is 1.79. The van der Waals surface area contributed by atoms with Crippen molar-refractivity contribution in [3.63, 3.8) is 0 Å². The van der Waals surface area contributed by atoms with Gasteiger partial charge in [-0.1, -0.05) is 43.7 Å². The standard InChI is InChI=1S/C15H22N2O/c1-2-3-11-17-12-16-14(15(17)18)10-9-13-7-5-4-6-8-13/h4-8,14,16H,2-3,9-12H2,1H3. The minimum atomic E-state index is 0.0158. The Hall–Kier alpha value is -1.35. The minimum Gasteiger partial charge on any atom is -0.329 e. The molecular weight excluding hydrogens is 224 g/mol. The Labute approximate surface area is 109 Å². The van der Waals surface area contributed by atoms with E-state index >= 15 is 0 Å². The normalized spacial score (nSPS) is 19.5. The quantitative estimate of drug-likeness (QED) is 0.834. The molecule has 1 amide bonds. The van der Waals surface area contributed by atoms with Crippen LogP contribution < -0.4 is 5.32 Å². The van der Waals surface area contributed by atoms with Crippen molar-refractivity contribution in [2.75, 3.05) is 13.2 Å². The van der Waals surface area contributed by atoms with Crippen LogP contribution in [0.2, 0.25) is 0 Å². The number of carbonyl (C=O) groups is 1. The van der Waals surface area contributed by atoms with Crippen LogP contribution in [0.4, 0.5) is 0 Å². The first-order chi connectivity index (χ1) is 8.81. The van der Waals surface area contributed by atoms with Crippen LogP contribution >= 0.6 is 0 Å². The van der Waals surface area contributed by atoms with Crippen LogP contribution in [0.15, 0.2) is 30.3 Å². The van der Waals surface area contributed by atoms with E-state index < -0.39 is 0 Å². The zero-order chi connectivity index (χ0) is 12.8. The third kappa shape index (κ3) is 3.33. The lowest BCUT2D eigenvalue weighted by atomic mass is 10.1. The molecule has 3 nitrogen and oxygen atoms in total. The van der Waals surface area contributed by atoms with Crippen LogP contribution in [-0.4, -0.2) is 30.1 Å². The van der Waals surface area contributed by atoms with E-state index in [1.54, 1.807) is 0 Å². The maximum absolute atomic E-state index is 12.1. The summed E-state index contributed by atoms with van der Waals surface area (Å²) in [6.45, 7) is 3.77. The topological polar surface area (TPSA) is 32.3 Å². The molecule has 1 aromatic carbocycles. The summed E-state index contributed by atoms with van der Waals surface area (Å²) in [7, 11) is 0. The molecule has 98 valence electrons. The second kappa shape index (κ2) is 6.55. The summed E-state index contributed by atoms with van der Waals surface area (Å²) in [5, 5.41) is 3.31. The minimum absolute atomic E-state index is 0.0158. The lowest BCUT2D eigenvalue weighted by molar-refractivity contribution is -0.129. The highest BCUT2D eigenvalue weighted by Crippen LogP contribution is 2.12. The van der Waals surface area contributed by atoms with Gasteiger partial charge in [-0.25, -0.2) is 0 Å². The molecule has 0 radical (unpaired) electrons. The van der Waals surface area contributed by atoms with Crippen LogP contribution in [0.5, 0.6) is 0 Å². The third-order valence-electron chi connectivity index (χ3n) is 3.48. The molecule has 1 aromatic rings. The van der Waals surface area contributed by atoms with E-state index in [0.29, 0.717) is 0 Å². The van der Waals surface area contributed by atoms with Gasteiger partial charge in [-0.15, -0.1) is 0 Å². The Morgan fingerprint density at radius 3 is 2.83 bits per heavy atom. The Morgan fingerprint density at radius 2 is 2.11 bits per heavy atom. The van der Waals surface area contributed by atoms with Crippen molar-refractivity contribution in [1.29, 1.82) is 0 Å². The summed E-state index contributed by atoms with van der Waals surface area (Å²) in [4.78, 5) is 14.0. The summed E-state index contributed by atoms with van der Waals surface area (Å²) in [5.74, 6) is 0.277. The summed E-state index contributed by atoms with van der Waals surface area (Å²) in [6.07, 6.45) is 4.09. The molecule has 1 aliphatic heterocycles. The van der Waals surface area contributed by atoms with Gasteiger partial charge in [0, 0.05) is 6.54 Å². The summed E-state index contributed by atoms with van der Waals surface area (Å²) >= 11 is 0. The molecule has 1 unspecified atom stereocenters. The number of aryl methyl sites for hydroxylation is 1. The maximum atomic E-state index is 12.1. The van der Waals surface area contributed by atoms with Crippen molar-refractivity contribution in [3.8, 4) is 0 Å². The number of benzene rings is 1. The van der Waals surface area contributed by atoms with Gasteiger partial charge < -0.3 is 4.90 Å². The van der Waals surface area contributed by atoms with E-state index in [9.17, 15) is 4.79 Å². The first kappa shape index (κ1) is 13.1. The SMILES string of the molecule is CCCCN1CNC(CCc2ccccc2)C1=O. The van der Waals surface area contributed by atoms with Gasteiger partial charge in [0.15, 0.2) is 0 Å². The lowest BCUT2D eigenvalue weighted by Crippen LogP contribution is -2.31. The number of unbranched alkanes of at least 4 members (excludes halogenated alkanes) is 1. The van der Waals surface area contributed by atoms with Gasteiger partial charge in [-0.3, -0.25) is 10.1 Å². The molecular formula is C15H22N2O. The van der Waals surface area contributed by atoms with Crippen LogP contribution in [0.1, 0.15) is 31.7 Å². The largest absolute Gasteiger partial charge is 0.329 e. The average molecular weight is 246 g/mol. The van der Waals surface area contributed by atoms with Gasteiger partial charge in [-0.2, -0.15) is 0 Å². The van der Waals surface area contributed by atoms with Gasteiger partial charge in [0.2, 0.25) is 5.91 Å². The summed E-state index contributed by atoms with van der Waals surface area (Å²) in [5.41, 5.74) is 1.30. The van der Waals surface area contributed by atoms with Gasteiger partial charge in [0.1, 0.15) is 0 Å². The van der Waals surface area contributed by atoms with Crippen LogP contribution in [0.25, 0.3) is 0 Å². The van der Waals surface area contributed by atoms with E-state index in [1.165, 1.54) is 5.56 Å². The Bertz CT molecular complexity index is 377. The summed E-state index contributed by atoms with van der Waals surface area (Å²) in [6, 6.07) is 10.4. The highest BCUT2D eigenvalue weighted by atomic mass is 16.2. The average Bonchev–Trinajstić information content (AvgIpc) is 2.76. The number of hydrogen-bond donors (Lipinski definition) is 1. The van der Waals surface area contributed by atoms with Crippen molar-refractivity contribution in [2.45, 2.75) is 38.6 Å². The Kier molecular flexibility index (Phi) is 4.76. The monoisotopic (exact) mass is 246 g/mol. The second-order valence-electron chi connectivity index (χ2n) is 4.89. The second-order valence-corrected chi connectivity index (χ2v) is 4.89. The zero-order valence-electron chi connectivity index (χ0n) is 11.1. The molecule has 1 N–H and O–H groups in total. The van der Waals surface area contributed by atoms with Crippen LogP contribution in [0.3, 0.4) is 0 Å². The van der Waals surface area contributed by atoms with E-state index in [4.69, 9.17) is 0 Å². The molecule has 3 heteroatoms. The zero-order valence-corrected chi connectivity index (χ0v) is 11.1. The van der Waals surface area contributed by atoms with E-state index in [2.05, 4.69) is 24.4 Å². The predicted octanol–water partition coefficient (Wildman–Crippen LogP) is 2.18. The number of nitrogens with one attached hydrogen (secondary N) is 1. The van der Waals surface area contributed by atoms with E-state index in [-0.39, 0.29) is 11.9 Å². The molecule has 18 heavy (non-hydrogen) atoms. The van der Waals surface area contributed by atoms with Gasteiger partial charge in [0.05, 0.1) is 12.7 Å². The maximum Gasteiger partial charge on any atom is 0.240 e. The fourth-order valence-electron chi connectivity index (χ4n) is 2.33. The van der Waals surface area contributed by atoms with Crippen LogP contribution in [-0.2, 0) is 11.2 Å². The molecule has 2 rings (SSSR count). The predicted molar refractivity (Wildman–Crippen MR) is 73.2 cm³/mol. The number of rotatable bonds is 6. The van der Waals surface area contributed by atoms with Crippen LogP contribution in [0, 0.1) is 0 Å². The molecule has 1 heterocycles. The summed E-state index contributed by atoms with van der Waals surface area (Å²) < 4.78 is 0. The van der Waals surface area contributed by atoms with Crippen molar-refractivity contribution in [3.05, 3.63) is 35.9 Å².